The minimum absolute atomic E-state index is 0.0537. The Morgan fingerprint density at radius 1 is 0.600 bits per heavy atom. The number of hydrogen-bond acceptors (Lipinski definition) is 6. The Balaban J connectivity index is 1.57. The van der Waals surface area contributed by atoms with Gasteiger partial charge in [0.1, 0.15) is 0 Å². The van der Waals surface area contributed by atoms with Crippen LogP contribution in [0.1, 0.15) is 25.7 Å². The fourth-order valence-electron chi connectivity index (χ4n) is 2.73. The van der Waals surface area contributed by atoms with Gasteiger partial charge >= 0.3 is 0 Å². The molecule has 12 heteroatoms. The Labute approximate surface area is 176 Å². The molecule has 0 unspecified atom stereocenters. The molecule has 2 fully saturated rings. The molecule has 162 valence electrons. The molecule has 0 atom stereocenters. The molecule has 9 nitrogen and oxygen atoms in total. The molecule has 0 saturated heterocycles. The lowest BCUT2D eigenvalue weighted by Crippen LogP contribution is -2.26. The monoisotopic (exact) mass is 471 g/mol. The quantitative estimate of drug-likeness (QED) is 0.505. The van der Waals surface area contributed by atoms with Crippen molar-refractivity contribution >= 4 is 35.8 Å². The first kappa shape index (κ1) is 21.2. The number of rotatable bonds is 9. The highest BCUT2D eigenvalue weighted by Gasteiger charge is 2.30. The van der Waals surface area contributed by atoms with Crippen LogP contribution in [0, 0.1) is 0 Å². The van der Waals surface area contributed by atoms with Crippen molar-refractivity contribution in [3.05, 3.63) is 48.5 Å². The normalized spacial score (nSPS) is 17.6. The molecule has 0 aromatic heterocycles. The van der Waals surface area contributed by atoms with E-state index in [0.29, 0.717) is 0 Å². The van der Waals surface area contributed by atoms with E-state index in [1.54, 1.807) is 0 Å². The van der Waals surface area contributed by atoms with E-state index in [-0.39, 0.29) is 32.5 Å². The van der Waals surface area contributed by atoms with Gasteiger partial charge in [-0.25, -0.2) is 34.7 Å². The molecule has 2 aliphatic rings. The molecular formula is C18H21N3O6S3. The van der Waals surface area contributed by atoms with Gasteiger partial charge in [-0.1, -0.05) is 12.1 Å². The second-order valence-electron chi connectivity index (χ2n) is 7.40. The number of anilines is 1. The molecule has 2 aromatic rings. The van der Waals surface area contributed by atoms with Crippen LogP contribution in [0.15, 0.2) is 63.2 Å². The molecule has 0 spiro atoms. The van der Waals surface area contributed by atoms with Gasteiger partial charge in [-0.3, -0.25) is 4.72 Å². The highest BCUT2D eigenvalue weighted by atomic mass is 32.2. The predicted molar refractivity (Wildman–Crippen MR) is 110 cm³/mol. The number of sulfonamides is 3. The van der Waals surface area contributed by atoms with Crippen molar-refractivity contribution in [1.82, 2.24) is 9.44 Å². The maximum Gasteiger partial charge on any atom is 0.261 e. The molecule has 4 rings (SSSR count). The molecule has 3 N–H and O–H groups in total. The summed E-state index contributed by atoms with van der Waals surface area (Å²) < 4.78 is 82.3. The van der Waals surface area contributed by atoms with Crippen LogP contribution in [0.5, 0.6) is 0 Å². The van der Waals surface area contributed by atoms with Crippen LogP contribution in [0.3, 0.4) is 0 Å². The predicted octanol–water partition coefficient (Wildman–Crippen LogP) is 1.37. The summed E-state index contributed by atoms with van der Waals surface area (Å²) in [6.07, 6.45) is 3.07. The number of benzene rings is 2. The van der Waals surface area contributed by atoms with E-state index in [9.17, 15) is 25.3 Å². The van der Waals surface area contributed by atoms with Crippen molar-refractivity contribution in [2.45, 2.75) is 52.5 Å². The number of hydrogen-bond donors (Lipinski definition) is 3. The first-order valence-corrected chi connectivity index (χ1v) is 13.8. The van der Waals surface area contributed by atoms with E-state index in [2.05, 4.69) is 14.2 Å². The first-order valence-electron chi connectivity index (χ1n) is 9.33. The standard InChI is InChI=1S/C18H21N3O6S3/c22-28(23,19-13-7-8-13)16-4-1-3-15(11-16)21-30(26,27)18-6-2-5-17(12-18)29(24,25)20-14-9-10-14/h1-6,11-14,19-21H,7-10H2. The Hall–Kier alpha value is -1.99. The van der Waals surface area contributed by atoms with Gasteiger partial charge in [-0.15, -0.1) is 0 Å². The van der Waals surface area contributed by atoms with E-state index in [1.807, 2.05) is 0 Å². The van der Waals surface area contributed by atoms with Crippen LogP contribution in [-0.2, 0) is 30.1 Å². The Kier molecular flexibility index (Phi) is 5.39. The molecule has 2 aliphatic carbocycles. The van der Waals surface area contributed by atoms with Crippen LogP contribution in [0.2, 0.25) is 0 Å². The molecule has 0 radical (unpaired) electrons. The second kappa shape index (κ2) is 7.61. The maximum atomic E-state index is 12.8. The average Bonchev–Trinajstić information content (AvgIpc) is 3.59. The van der Waals surface area contributed by atoms with Gasteiger partial charge in [0.05, 0.1) is 20.4 Å². The summed E-state index contributed by atoms with van der Waals surface area (Å²) in [5.74, 6) is 0. The first-order chi connectivity index (χ1) is 14.1. The van der Waals surface area contributed by atoms with Gasteiger partial charge in [0, 0.05) is 12.1 Å². The van der Waals surface area contributed by atoms with Crippen molar-refractivity contribution in [3.8, 4) is 0 Å². The fourth-order valence-corrected chi connectivity index (χ4v) is 6.60. The van der Waals surface area contributed by atoms with Crippen molar-refractivity contribution in [1.29, 1.82) is 0 Å². The van der Waals surface area contributed by atoms with Gasteiger partial charge in [-0.05, 0) is 62.1 Å². The van der Waals surface area contributed by atoms with Crippen LogP contribution in [0.4, 0.5) is 5.69 Å². The highest BCUT2D eigenvalue weighted by Crippen LogP contribution is 2.26. The maximum absolute atomic E-state index is 12.8. The van der Waals surface area contributed by atoms with E-state index in [4.69, 9.17) is 0 Å². The zero-order chi connectivity index (χ0) is 21.6. The molecule has 2 saturated carbocycles. The lowest BCUT2D eigenvalue weighted by Gasteiger charge is -2.12. The lowest BCUT2D eigenvalue weighted by molar-refractivity contribution is 0.578. The van der Waals surface area contributed by atoms with Crippen LogP contribution in [-0.4, -0.2) is 37.3 Å². The Morgan fingerprint density at radius 3 is 1.53 bits per heavy atom. The second-order valence-corrected chi connectivity index (χ2v) is 12.5. The van der Waals surface area contributed by atoms with E-state index in [1.165, 1.54) is 42.5 Å². The molecular weight excluding hydrogens is 450 g/mol. The van der Waals surface area contributed by atoms with Gasteiger partial charge in [0.25, 0.3) is 10.0 Å². The van der Waals surface area contributed by atoms with E-state index >= 15 is 0 Å². The third-order valence-corrected chi connectivity index (χ3v) is 9.04. The summed E-state index contributed by atoms with van der Waals surface area (Å²) in [6.45, 7) is 0. The minimum Gasteiger partial charge on any atom is -0.280 e. The highest BCUT2D eigenvalue weighted by molar-refractivity contribution is 7.93. The minimum atomic E-state index is -4.14. The smallest absolute Gasteiger partial charge is 0.261 e. The van der Waals surface area contributed by atoms with Crippen molar-refractivity contribution in [3.63, 3.8) is 0 Å². The largest absolute Gasteiger partial charge is 0.280 e. The fraction of sp³-hybridized carbons (Fsp3) is 0.333. The molecule has 30 heavy (non-hydrogen) atoms. The van der Waals surface area contributed by atoms with E-state index in [0.717, 1.165) is 31.7 Å². The van der Waals surface area contributed by atoms with Gasteiger partial charge < -0.3 is 0 Å². The van der Waals surface area contributed by atoms with Crippen molar-refractivity contribution in [2.24, 2.45) is 0 Å². The van der Waals surface area contributed by atoms with Crippen LogP contribution < -0.4 is 14.2 Å². The average molecular weight is 472 g/mol. The molecule has 0 aliphatic heterocycles. The summed E-state index contributed by atoms with van der Waals surface area (Å²) >= 11 is 0. The van der Waals surface area contributed by atoms with Crippen molar-refractivity contribution < 1.29 is 25.3 Å². The van der Waals surface area contributed by atoms with Crippen LogP contribution >= 0.6 is 0 Å². The van der Waals surface area contributed by atoms with Gasteiger partial charge in [0.2, 0.25) is 20.0 Å². The lowest BCUT2D eigenvalue weighted by atomic mass is 10.3. The zero-order valence-electron chi connectivity index (χ0n) is 15.8. The molecule has 0 heterocycles. The molecule has 0 amide bonds. The number of nitrogens with one attached hydrogen (secondary N) is 3. The topological polar surface area (TPSA) is 139 Å². The third kappa shape index (κ3) is 5.01. The summed E-state index contributed by atoms with van der Waals surface area (Å²) in [7, 11) is -11.7. The SMILES string of the molecule is O=S(=O)(Nc1cccc(S(=O)(=O)NC2CC2)c1)c1cccc(S(=O)(=O)NC2CC2)c1. The summed E-state index contributed by atoms with van der Waals surface area (Å²) in [4.78, 5) is -0.452. The van der Waals surface area contributed by atoms with Crippen LogP contribution in [0.25, 0.3) is 0 Å². The Morgan fingerprint density at radius 2 is 1.03 bits per heavy atom. The zero-order valence-corrected chi connectivity index (χ0v) is 18.2. The summed E-state index contributed by atoms with van der Waals surface area (Å²) in [6, 6.07) is 10.3. The Bertz CT molecular complexity index is 1280. The van der Waals surface area contributed by atoms with E-state index < -0.39 is 30.1 Å². The van der Waals surface area contributed by atoms with Crippen molar-refractivity contribution in [2.75, 3.05) is 4.72 Å². The summed E-state index contributed by atoms with van der Waals surface area (Å²) in [5, 5.41) is 0. The summed E-state index contributed by atoms with van der Waals surface area (Å²) in [5.41, 5.74) is 0.0537. The third-order valence-electron chi connectivity index (χ3n) is 4.62. The van der Waals surface area contributed by atoms with Gasteiger partial charge in [0.15, 0.2) is 0 Å². The molecule has 0 bridgehead atoms. The van der Waals surface area contributed by atoms with Gasteiger partial charge in [-0.2, -0.15) is 0 Å². The molecule has 2 aromatic carbocycles.